The number of hydrogen-bond acceptors (Lipinski definition) is 16. The zero-order chi connectivity index (χ0) is 55.2. The molecule has 0 saturated carbocycles. The molecule has 8 amide bonds. The van der Waals surface area contributed by atoms with Gasteiger partial charge in [-0.3, -0.25) is 43.2 Å². The van der Waals surface area contributed by atoms with E-state index in [1.54, 1.807) is 44.2 Å². The SMILES string of the molecule is CC(C)[C@H](N)C(=O)N[C@@H](CO)C(=O)N[C@@H](C)C(=O)N[C@@H](Cc1ccc(O)cc1)C(=O)N[C@@H](CO)C(=O)N[C@@H](CO)C(=O)N[C@@H](Cc1ccccc1)C(=O)N[C@@H](CC(=O)O)C(=O)N[C@@H](Cc1ccc(O)cc1)C(=O)O. The third kappa shape index (κ3) is 19.4. The van der Waals surface area contributed by atoms with Gasteiger partial charge in [-0.15, -0.1) is 0 Å². The minimum Gasteiger partial charge on any atom is -0.508 e. The lowest BCUT2D eigenvalue weighted by molar-refractivity contribution is -0.143. The molecule has 0 aliphatic rings. The Balaban J connectivity index is 1.80. The number of benzene rings is 3. The van der Waals surface area contributed by atoms with Crippen molar-refractivity contribution in [3.8, 4) is 11.5 Å². The van der Waals surface area contributed by atoms with E-state index in [0.717, 1.165) is 0 Å². The molecule has 9 atom stereocenters. The molecule has 0 aromatic heterocycles. The van der Waals surface area contributed by atoms with E-state index < -0.39 is 140 Å². The summed E-state index contributed by atoms with van der Waals surface area (Å²) in [6, 6.07) is 4.19. The number of nitrogens with one attached hydrogen (secondary N) is 8. The number of aliphatic carboxylic acids is 2. The lowest BCUT2D eigenvalue weighted by atomic mass is 10.0. The summed E-state index contributed by atoms with van der Waals surface area (Å²) in [5, 5.41) is 87.3. The van der Waals surface area contributed by atoms with Gasteiger partial charge in [0.15, 0.2) is 0 Å². The minimum atomic E-state index is -1.91. The van der Waals surface area contributed by atoms with Crippen molar-refractivity contribution >= 4 is 59.2 Å². The van der Waals surface area contributed by atoms with Crippen molar-refractivity contribution < 1.29 is 83.7 Å². The second-order valence-electron chi connectivity index (χ2n) is 17.3. The molecule has 0 fully saturated rings. The predicted molar refractivity (Wildman–Crippen MR) is 259 cm³/mol. The molecule has 3 aromatic rings. The van der Waals surface area contributed by atoms with E-state index in [1.165, 1.54) is 55.5 Å². The van der Waals surface area contributed by atoms with Crippen LogP contribution in [-0.2, 0) is 67.2 Å². The summed E-state index contributed by atoms with van der Waals surface area (Å²) in [4.78, 5) is 131. The van der Waals surface area contributed by atoms with Crippen molar-refractivity contribution in [1.29, 1.82) is 0 Å². The fourth-order valence-corrected chi connectivity index (χ4v) is 6.78. The van der Waals surface area contributed by atoms with Gasteiger partial charge >= 0.3 is 11.9 Å². The molecule has 0 spiro atoms. The largest absolute Gasteiger partial charge is 0.508 e. The smallest absolute Gasteiger partial charge is 0.326 e. The topological polar surface area (TPSA) is 435 Å². The molecule has 3 rings (SSSR count). The standard InChI is InChI=1S/C48H63N9O17/c1-24(2)39(49)47(72)57-35(21-58)44(69)50-25(3)40(65)51-31(18-27-9-13-29(61)14-10-27)42(67)55-37(23-60)46(71)56-36(22-59)45(70)52-32(17-26-7-5-4-6-8-26)41(66)53-33(20-38(63)64)43(68)54-34(48(73)74)19-28-11-15-30(62)16-12-28/h4-16,24-25,31-37,39,58-62H,17-23,49H2,1-3H3,(H,50,69)(H,51,65)(H,52,70)(H,53,66)(H,54,68)(H,55,67)(H,56,71)(H,57,72)(H,63,64)(H,73,74)/t25-,31-,32-,33-,34-,35-,36-,37-,39-/m0/s1. The van der Waals surface area contributed by atoms with E-state index in [9.17, 15) is 83.7 Å². The molecule has 402 valence electrons. The normalized spacial score (nSPS) is 14.6. The second-order valence-corrected chi connectivity index (χ2v) is 17.3. The Morgan fingerprint density at radius 3 is 1.15 bits per heavy atom. The first-order valence-electron chi connectivity index (χ1n) is 23.0. The lowest BCUT2D eigenvalue weighted by Gasteiger charge is -2.27. The van der Waals surface area contributed by atoms with Gasteiger partial charge in [-0.05, 0) is 53.8 Å². The van der Waals surface area contributed by atoms with Gasteiger partial charge in [0, 0.05) is 19.3 Å². The summed E-state index contributed by atoms with van der Waals surface area (Å²) in [6.45, 7) is 1.41. The highest BCUT2D eigenvalue weighted by Gasteiger charge is 2.35. The maximum atomic E-state index is 13.9. The maximum absolute atomic E-state index is 13.9. The number of aliphatic hydroxyl groups excluding tert-OH is 3. The number of aliphatic hydroxyl groups is 3. The Morgan fingerprint density at radius 1 is 0.419 bits per heavy atom. The summed E-state index contributed by atoms with van der Waals surface area (Å²) in [5.74, 6) is -12.3. The van der Waals surface area contributed by atoms with Crippen molar-refractivity contribution in [2.75, 3.05) is 19.8 Å². The van der Waals surface area contributed by atoms with Crippen LogP contribution >= 0.6 is 0 Å². The second kappa shape index (κ2) is 29.3. The molecule has 3 aromatic carbocycles. The number of phenolic OH excluding ortho intramolecular Hbond substituents is 2. The average Bonchev–Trinajstić information content (AvgIpc) is 3.36. The van der Waals surface area contributed by atoms with Crippen molar-refractivity contribution in [3.63, 3.8) is 0 Å². The first-order chi connectivity index (χ1) is 35.0. The number of hydrogen-bond donors (Lipinski definition) is 16. The van der Waals surface area contributed by atoms with Crippen LogP contribution in [0.4, 0.5) is 0 Å². The Hall–Kier alpha value is -8.20. The first-order valence-corrected chi connectivity index (χ1v) is 23.0. The van der Waals surface area contributed by atoms with Gasteiger partial charge in [0.2, 0.25) is 47.3 Å². The molecular formula is C48H63N9O17. The van der Waals surface area contributed by atoms with Crippen LogP contribution in [0.1, 0.15) is 43.9 Å². The van der Waals surface area contributed by atoms with Crippen molar-refractivity contribution in [1.82, 2.24) is 42.5 Å². The molecule has 26 nitrogen and oxygen atoms in total. The first kappa shape index (κ1) is 60.1. The number of rotatable bonds is 29. The number of carbonyl (C=O) groups excluding carboxylic acids is 8. The van der Waals surface area contributed by atoms with E-state index in [4.69, 9.17) is 5.73 Å². The van der Waals surface area contributed by atoms with E-state index >= 15 is 0 Å². The summed E-state index contributed by atoms with van der Waals surface area (Å²) in [5.41, 5.74) is 6.99. The minimum absolute atomic E-state index is 0.111. The third-order valence-electron chi connectivity index (χ3n) is 11.1. The third-order valence-corrected chi connectivity index (χ3v) is 11.1. The number of nitrogens with two attached hydrogens (primary N) is 1. The predicted octanol–water partition coefficient (Wildman–Crippen LogP) is -4.46. The highest BCUT2D eigenvalue weighted by Crippen LogP contribution is 2.14. The number of phenols is 2. The van der Waals surface area contributed by atoms with Gasteiger partial charge in [-0.2, -0.15) is 0 Å². The van der Waals surface area contributed by atoms with E-state index in [-0.39, 0.29) is 36.7 Å². The molecular weight excluding hydrogens is 975 g/mol. The maximum Gasteiger partial charge on any atom is 0.326 e. The number of carbonyl (C=O) groups is 10. The summed E-state index contributed by atoms with van der Waals surface area (Å²) < 4.78 is 0. The molecule has 0 heterocycles. The van der Waals surface area contributed by atoms with Gasteiger partial charge in [-0.1, -0.05) is 68.4 Å². The van der Waals surface area contributed by atoms with Crippen LogP contribution in [0.3, 0.4) is 0 Å². The zero-order valence-corrected chi connectivity index (χ0v) is 40.5. The molecule has 0 aliphatic heterocycles. The van der Waals surface area contributed by atoms with Gasteiger partial charge in [0.1, 0.15) is 59.8 Å². The molecule has 26 heteroatoms. The number of carboxylic acids is 2. The molecule has 0 saturated heterocycles. The Kier molecular flexibility index (Phi) is 23.8. The highest BCUT2D eigenvalue weighted by atomic mass is 16.4. The highest BCUT2D eigenvalue weighted by molar-refractivity contribution is 5.98. The number of amides is 8. The van der Waals surface area contributed by atoms with Gasteiger partial charge in [-0.25, -0.2) is 4.79 Å². The van der Waals surface area contributed by atoms with Gasteiger partial charge in [0.25, 0.3) is 0 Å². The number of aromatic hydroxyl groups is 2. The quantitative estimate of drug-likeness (QED) is 0.0312. The van der Waals surface area contributed by atoms with Crippen molar-refractivity contribution in [3.05, 3.63) is 95.6 Å². The molecule has 0 bridgehead atoms. The van der Waals surface area contributed by atoms with E-state index in [2.05, 4.69) is 42.5 Å². The molecule has 0 radical (unpaired) electrons. The van der Waals surface area contributed by atoms with Crippen LogP contribution in [0.2, 0.25) is 0 Å². The summed E-state index contributed by atoms with van der Waals surface area (Å²) in [7, 11) is 0. The van der Waals surface area contributed by atoms with Gasteiger partial charge in [0.05, 0.1) is 32.3 Å². The molecule has 17 N–H and O–H groups in total. The monoisotopic (exact) mass is 1040 g/mol. The lowest BCUT2D eigenvalue weighted by Crippen LogP contribution is -2.62. The molecule has 0 aliphatic carbocycles. The van der Waals surface area contributed by atoms with Crippen LogP contribution < -0.4 is 48.3 Å². The fourth-order valence-electron chi connectivity index (χ4n) is 6.78. The number of carboxylic acid groups (broad SMARTS) is 2. The van der Waals surface area contributed by atoms with Crippen LogP contribution in [0.15, 0.2) is 78.9 Å². The molecule has 74 heavy (non-hydrogen) atoms. The van der Waals surface area contributed by atoms with E-state index in [1.807, 2.05) is 0 Å². The van der Waals surface area contributed by atoms with Crippen LogP contribution in [0.25, 0.3) is 0 Å². The zero-order valence-electron chi connectivity index (χ0n) is 40.5. The van der Waals surface area contributed by atoms with Crippen molar-refractivity contribution in [2.45, 2.75) is 101 Å². The van der Waals surface area contributed by atoms with Crippen LogP contribution in [0.5, 0.6) is 11.5 Å². The van der Waals surface area contributed by atoms with Crippen molar-refractivity contribution in [2.24, 2.45) is 11.7 Å². The summed E-state index contributed by atoms with van der Waals surface area (Å²) >= 11 is 0. The Morgan fingerprint density at radius 2 is 0.743 bits per heavy atom. The van der Waals surface area contributed by atoms with Crippen LogP contribution in [0, 0.1) is 5.92 Å². The fraction of sp³-hybridized carbons (Fsp3) is 0.417. The molecule has 0 unspecified atom stereocenters. The summed E-state index contributed by atoms with van der Waals surface area (Å²) in [6.07, 6.45) is -1.97. The Bertz CT molecular complexity index is 2430. The van der Waals surface area contributed by atoms with Gasteiger partial charge < -0.3 is 84.0 Å². The Labute approximate surface area is 423 Å². The average molecular weight is 1040 g/mol. The van der Waals surface area contributed by atoms with E-state index in [0.29, 0.717) is 16.7 Å². The van der Waals surface area contributed by atoms with Crippen LogP contribution in [-0.4, -0.2) is 169 Å².